The lowest BCUT2D eigenvalue weighted by atomic mass is 10.3. The lowest BCUT2D eigenvalue weighted by molar-refractivity contribution is -0.115. The summed E-state index contributed by atoms with van der Waals surface area (Å²) in [6.45, 7) is 4.32. The maximum absolute atomic E-state index is 11.4. The SMILES string of the molecule is C=CCNCC(=O)Nc1cc(Cl)ccc1Cl. The third kappa shape index (κ3) is 4.23. The van der Waals surface area contributed by atoms with Crippen LogP contribution in [0.2, 0.25) is 10.0 Å². The van der Waals surface area contributed by atoms with E-state index in [1.54, 1.807) is 24.3 Å². The molecule has 1 aromatic rings. The molecule has 1 rings (SSSR count). The largest absolute Gasteiger partial charge is 0.324 e. The second kappa shape index (κ2) is 6.53. The van der Waals surface area contributed by atoms with E-state index in [-0.39, 0.29) is 12.5 Å². The molecule has 0 atom stereocenters. The summed E-state index contributed by atoms with van der Waals surface area (Å²) in [6, 6.07) is 4.90. The summed E-state index contributed by atoms with van der Waals surface area (Å²) < 4.78 is 0. The third-order valence-corrected chi connectivity index (χ3v) is 2.34. The molecule has 0 saturated heterocycles. The molecule has 0 spiro atoms. The van der Waals surface area contributed by atoms with E-state index < -0.39 is 0 Å². The van der Waals surface area contributed by atoms with Gasteiger partial charge in [-0.1, -0.05) is 29.3 Å². The molecule has 0 fully saturated rings. The van der Waals surface area contributed by atoms with Crippen molar-refractivity contribution in [2.24, 2.45) is 0 Å². The smallest absolute Gasteiger partial charge is 0.238 e. The highest BCUT2D eigenvalue weighted by Gasteiger charge is 2.05. The Kier molecular flexibility index (Phi) is 5.32. The van der Waals surface area contributed by atoms with Gasteiger partial charge < -0.3 is 10.6 Å². The van der Waals surface area contributed by atoms with Gasteiger partial charge in [0.2, 0.25) is 5.91 Å². The van der Waals surface area contributed by atoms with E-state index in [9.17, 15) is 4.79 Å². The number of anilines is 1. The first-order valence-corrected chi connectivity index (χ1v) is 5.45. The Labute approximate surface area is 104 Å². The van der Waals surface area contributed by atoms with Crippen LogP contribution in [0.3, 0.4) is 0 Å². The topological polar surface area (TPSA) is 41.1 Å². The van der Waals surface area contributed by atoms with Crippen molar-refractivity contribution in [3.8, 4) is 0 Å². The minimum atomic E-state index is -0.175. The Morgan fingerprint density at radius 3 is 2.88 bits per heavy atom. The molecule has 0 unspecified atom stereocenters. The Balaban J connectivity index is 2.55. The molecule has 0 aromatic heterocycles. The average molecular weight is 259 g/mol. The monoisotopic (exact) mass is 258 g/mol. The summed E-state index contributed by atoms with van der Waals surface area (Å²) >= 11 is 11.7. The van der Waals surface area contributed by atoms with Gasteiger partial charge in [0.1, 0.15) is 0 Å². The molecular weight excluding hydrogens is 247 g/mol. The number of hydrogen-bond donors (Lipinski definition) is 2. The zero-order chi connectivity index (χ0) is 12.0. The third-order valence-electron chi connectivity index (χ3n) is 1.78. The number of benzene rings is 1. The maximum Gasteiger partial charge on any atom is 0.238 e. The molecule has 0 aliphatic carbocycles. The lowest BCUT2D eigenvalue weighted by Crippen LogP contribution is -2.28. The van der Waals surface area contributed by atoms with Crippen molar-refractivity contribution in [2.75, 3.05) is 18.4 Å². The van der Waals surface area contributed by atoms with Gasteiger partial charge in [-0.2, -0.15) is 0 Å². The van der Waals surface area contributed by atoms with Crippen LogP contribution in [0.1, 0.15) is 0 Å². The van der Waals surface area contributed by atoms with Gasteiger partial charge in [0.05, 0.1) is 17.3 Å². The lowest BCUT2D eigenvalue weighted by Gasteiger charge is -2.07. The number of halogens is 2. The number of carbonyl (C=O) groups is 1. The van der Waals surface area contributed by atoms with E-state index in [1.165, 1.54) is 0 Å². The van der Waals surface area contributed by atoms with E-state index in [2.05, 4.69) is 17.2 Å². The summed E-state index contributed by atoms with van der Waals surface area (Å²) in [5.74, 6) is -0.175. The van der Waals surface area contributed by atoms with Gasteiger partial charge in [-0.05, 0) is 18.2 Å². The number of amides is 1. The van der Waals surface area contributed by atoms with Gasteiger partial charge in [0.25, 0.3) is 0 Å². The molecule has 3 nitrogen and oxygen atoms in total. The summed E-state index contributed by atoms with van der Waals surface area (Å²) in [4.78, 5) is 11.4. The fraction of sp³-hybridized carbons (Fsp3) is 0.182. The average Bonchev–Trinajstić information content (AvgIpc) is 2.24. The van der Waals surface area contributed by atoms with Gasteiger partial charge in [0, 0.05) is 11.6 Å². The first-order chi connectivity index (χ1) is 7.63. The molecule has 0 bridgehead atoms. The van der Waals surface area contributed by atoms with Crippen LogP contribution in [0, 0.1) is 0 Å². The van der Waals surface area contributed by atoms with Crippen LogP contribution in [0.15, 0.2) is 30.9 Å². The molecule has 0 aliphatic rings. The molecule has 5 heteroatoms. The van der Waals surface area contributed by atoms with Crippen molar-refractivity contribution in [1.82, 2.24) is 5.32 Å². The number of hydrogen-bond acceptors (Lipinski definition) is 2. The van der Waals surface area contributed by atoms with Crippen LogP contribution in [0.4, 0.5) is 5.69 Å². The highest BCUT2D eigenvalue weighted by molar-refractivity contribution is 6.35. The molecular formula is C11H12Cl2N2O. The predicted octanol–water partition coefficient (Wildman–Crippen LogP) is 2.71. The van der Waals surface area contributed by atoms with E-state index in [0.29, 0.717) is 22.3 Å². The Morgan fingerprint density at radius 2 is 2.19 bits per heavy atom. The Bertz CT molecular complexity index is 394. The number of rotatable bonds is 5. The van der Waals surface area contributed by atoms with Crippen LogP contribution in [0.5, 0.6) is 0 Å². The molecule has 0 heterocycles. The minimum Gasteiger partial charge on any atom is -0.324 e. The molecule has 1 amide bonds. The van der Waals surface area contributed by atoms with E-state index in [0.717, 1.165) is 0 Å². The Morgan fingerprint density at radius 1 is 1.44 bits per heavy atom. The van der Waals surface area contributed by atoms with E-state index in [1.807, 2.05) is 0 Å². The number of carbonyl (C=O) groups excluding carboxylic acids is 1. The van der Waals surface area contributed by atoms with Crippen LogP contribution in [-0.4, -0.2) is 19.0 Å². The summed E-state index contributed by atoms with van der Waals surface area (Å²) in [5, 5.41) is 6.53. The van der Waals surface area contributed by atoms with Gasteiger partial charge in [0.15, 0.2) is 0 Å². The second-order valence-electron chi connectivity index (χ2n) is 3.09. The van der Waals surface area contributed by atoms with Gasteiger partial charge in [-0.3, -0.25) is 4.79 Å². The summed E-state index contributed by atoms with van der Waals surface area (Å²) in [5.41, 5.74) is 0.513. The molecule has 1 aromatic carbocycles. The number of nitrogens with one attached hydrogen (secondary N) is 2. The standard InChI is InChI=1S/C11H12Cl2N2O/c1-2-5-14-7-11(16)15-10-6-8(12)3-4-9(10)13/h2-4,6,14H,1,5,7H2,(H,15,16). The van der Waals surface area contributed by atoms with Gasteiger partial charge in [-0.15, -0.1) is 6.58 Å². The van der Waals surface area contributed by atoms with Gasteiger partial charge in [-0.25, -0.2) is 0 Å². The first-order valence-electron chi connectivity index (χ1n) is 4.70. The van der Waals surface area contributed by atoms with Crippen molar-refractivity contribution in [2.45, 2.75) is 0 Å². The zero-order valence-electron chi connectivity index (χ0n) is 8.59. The van der Waals surface area contributed by atoms with Crippen molar-refractivity contribution in [3.63, 3.8) is 0 Å². The Hall–Kier alpha value is -1.03. The van der Waals surface area contributed by atoms with E-state index in [4.69, 9.17) is 23.2 Å². The van der Waals surface area contributed by atoms with Crippen LogP contribution in [0.25, 0.3) is 0 Å². The molecule has 0 saturated carbocycles. The maximum atomic E-state index is 11.4. The summed E-state index contributed by atoms with van der Waals surface area (Å²) in [6.07, 6.45) is 1.68. The molecule has 0 aliphatic heterocycles. The van der Waals surface area contributed by atoms with E-state index >= 15 is 0 Å². The minimum absolute atomic E-state index is 0.175. The molecule has 86 valence electrons. The van der Waals surface area contributed by atoms with Crippen molar-refractivity contribution in [1.29, 1.82) is 0 Å². The fourth-order valence-corrected chi connectivity index (χ4v) is 1.41. The highest BCUT2D eigenvalue weighted by Crippen LogP contribution is 2.25. The van der Waals surface area contributed by atoms with Crippen LogP contribution in [-0.2, 0) is 4.79 Å². The molecule has 0 radical (unpaired) electrons. The molecule has 2 N–H and O–H groups in total. The highest BCUT2D eigenvalue weighted by atomic mass is 35.5. The fourth-order valence-electron chi connectivity index (χ4n) is 1.08. The first kappa shape index (κ1) is 13.0. The summed E-state index contributed by atoms with van der Waals surface area (Å²) in [7, 11) is 0. The van der Waals surface area contributed by atoms with Crippen molar-refractivity contribution >= 4 is 34.8 Å². The normalized spacial score (nSPS) is 9.88. The second-order valence-corrected chi connectivity index (χ2v) is 3.94. The molecule has 16 heavy (non-hydrogen) atoms. The van der Waals surface area contributed by atoms with Crippen molar-refractivity contribution in [3.05, 3.63) is 40.9 Å². The van der Waals surface area contributed by atoms with Gasteiger partial charge >= 0.3 is 0 Å². The quantitative estimate of drug-likeness (QED) is 0.630. The zero-order valence-corrected chi connectivity index (χ0v) is 10.1. The van der Waals surface area contributed by atoms with Crippen molar-refractivity contribution < 1.29 is 4.79 Å². The predicted molar refractivity (Wildman–Crippen MR) is 68.2 cm³/mol. The van der Waals surface area contributed by atoms with Crippen LogP contribution < -0.4 is 10.6 Å². The van der Waals surface area contributed by atoms with Crippen LogP contribution >= 0.6 is 23.2 Å².